The molecule has 0 radical (unpaired) electrons. The number of carbonyl (C=O) groups is 1. The Morgan fingerprint density at radius 3 is 2.40 bits per heavy atom. The van der Waals surface area contributed by atoms with Crippen LogP contribution in [0.4, 0.5) is 0 Å². The van der Waals surface area contributed by atoms with Crippen LogP contribution >= 0.6 is 12.4 Å². The SMILES string of the molecule is CNS(=O)(=O)c1ccc(C(C)NC(=O)C2CCCCC2(C)N)cc1.Cl. The fraction of sp³-hybridized carbons (Fsp3) is 0.588. The topological polar surface area (TPSA) is 101 Å². The lowest BCUT2D eigenvalue weighted by atomic mass is 9.74. The van der Waals surface area contributed by atoms with Crippen molar-refractivity contribution in [2.75, 3.05) is 7.05 Å². The van der Waals surface area contributed by atoms with E-state index in [4.69, 9.17) is 5.73 Å². The second kappa shape index (κ2) is 8.49. The molecule has 0 saturated heterocycles. The van der Waals surface area contributed by atoms with Gasteiger partial charge in [0.1, 0.15) is 0 Å². The zero-order valence-electron chi connectivity index (χ0n) is 14.9. The van der Waals surface area contributed by atoms with Crippen molar-refractivity contribution in [1.29, 1.82) is 0 Å². The highest BCUT2D eigenvalue weighted by atomic mass is 35.5. The number of benzene rings is 1. The molecule has 1 aromatic rings. The van der Waals surface area contributed by atoms with Gasteiger partial charge in [-0.2, -0.15) is 0 Å². The van der Waals surface area contributed by atoms with Gasteiger partial charge in [-0.3, -0.25) is 4.79 Å². The number of nitrogens with one attached hydrogen (secondary N) is 2. The first-order valence-electron chi connectivity index (χ1n) is 8.30. The molecule has 1 aliphatic carbocycles. The molecule has 0 aliphatic heterocycles. The maximum absolute atomic E-state index is 12.6. The Labute approximate surface area is 156 Å². The first kappa shape index (κ1) is 21.9. The minimum atomic E-state index is -3.45. The summed E-state index contributed by atoms with van der Waals surface area (Å²) >= 11 is 0. The summed E-state index contributed by atoms with van der Waals surface area (Å²) in [6.07, 6.45) is 3.75. The molecule has 1 aromatic carbocycles. The molecule has 0 spiro atoms. The van der Waals surface area contributed by atoms with Gasteiger partial charge >= 0.3 is 0 Å². The maximum atomic E-state index is 12.6. The van der Waals surface area contributed by atoms with Gasteiger partial charge in [0.15, 0.2) is 0 Å². The van der Waals surface area contributed by atoms with E-state index in [1.165, 1.54) is 19.2 Å². The van der Waals surface area contributed by atoms with Gasteiger partial charge in [0, 0.05) is 5.54 Å². The van der Waals surface area contributed by atoms with Crippen LogP contribution in [0.3, 0.4) is 0 Å². The summed E-state index contributed by atoms with van der Waals surface area (Å²) in [5.41, 5.74) is 6.68. The quantitative estimate of drug-likeness (QED) is 0.717. The monoisotopic (exact) mass is 389 g/mol. The molecule has 1 saturated carbocycles. The number of hydrogen-bond donors (Lipinski definition) is 3. The zero-order valence-corrected chi connectivity index (χ0v) is 16.5. The Balaban J connectivity index is 0.00000312. The number of rotatable bonds is 5. The Bertz CT molecular complexity index is 690. The van der Waals surface area contributed by atoms with Gasteiger partial charge in [-0.15, -0.1) is 12.4 Å². The van der Waals surface area contributed by atoms with Gasteiger partial charge in [0.05, 0.1) is 16.9 Å². The summed E-state index contributed by atoms with van der Waals surface area (Å²) in [6, 6.07) is 6.31. The summed E-state index contributed by atoms with van der Waals surface area (Å²) in [6.45, 7) is 3.83. The first-order valence-corrected chi connectivity index (χ1v) is 9.78. The van der Waals surface area contributed by atoms with E-state index in [0.29, 0.717) is 0 Å². The number of nitrogens with two attached hydrogens (primary N) is 1. The van der Waals surface area contributed by atoms with E-state index in [1.807, 2.05) is 13.8 Å². The average molecular weight is 390 g/mol. The predicted molar refractivity (Wildman–Crippen MR) is 101 cm³/mol. The van der Waals surface area contributed by atoms with Gasteiger partial charge in [-0.05, 0) is 51.4 Å². The normalized spacial score (nSPS) is 24.9. The summed E-state index contributed by atoms with van der Waals surface area (Å²) in [5.74, 6) is -0.211. The van der Waals surface area contributed by atoms with Crippen LogP contribution in [0.5, 0.6) is 0 Å². The van der Waals surface area contributed by atoms with Crippen LogP contribution in [0.25, 0.3) is 0 Å². The Kier molecular flexibility index (Phi) is 7.43. The van der Waals surface area contributed by atoms with Crippen molar-refractivity contribution < 1.29 is 13.2 Å². The van der Waals surface area contributed by atoms with Crippen LogP contribution in [-0.4, -0.2) is 26.9 Å². The zero-order chi connectivity index (χ0) is 18.0. The van der Waals surface area contributed by atoms with E-state index in [1.54, 1.807) is 12.1 Å². The van der Waals surface area contributed by atoms with Crippen molar-refractivity contribution in [2.24, 2.45) is 11.7 Å². The van der Waals surface area contributed by atoms with Crippen molar-refractivity contribution in [3.05, 3.63) is 29.8 Å². The molecule has 6 nitrogen and oxygen atoms in total. The van der Waals surface area contributed by atoms with Gasteiger partial charge < -0.3 is 11.1 Å². The Morgan fingerprint density at radius 1 is 1.28 bits per heavy atom. The highest BCUT2D eigenvalue weighted by Crippen LogP contribution is 2.32. The molecule has 4 N–H and O–H groups in total. The van der Waals surface area contributed by atoms with Crippen LogP contribution in [0, 0.1) is 5.92 Å². The second-order valence-electron chi connectivity index (χ2n) is 6.81. The van der Waals surface area contributed by atoms with Crippen LogP contribution in [0.1, 0.15) is 51.1 Å². The van der Waals surface area contributed by atoms with Crippen LogP contribution in [0.15, 0.2) is 29.2 Å². The van der Waals surface area contributed by atoms with E-state index in [0.717, 1.165) is 31.2 Å². The standard InChI is InChI=1S/C17H27N3O3S.ClH/c1-12(13-7-9-14(10-8-13)24(22,23)19-3)20-16(21)15-6-4-5-11-17(15,2)18;/h7-10,12,15,19H,4-6,11,18H2,1-3H3,(H,20,21);1H. The van der Waals surface area contributed by atoms with Gasteiger partial charge in [0.25, 0.3) is 0 Å². The summed E-state index contributed by atoms with van der Waals surface area (Å²) in [5, 5.41) is 3.01. The van der Waals surface area contributed by atoms with E-state index >= 15 is 0 Å². The molecular formula is C17H28ClN3O3S. The van der Waals surface area contributed by atoms with Gasteiger partial charge in [-0.25, -0.2) is 13.1 Å². The molecule has 1 amide bonds. The van der Waals surface area contributed by atoms with Crippen molar-refractivity contribution >= 4 is 28.3 Å². The fourth-order valence-corrected chi connectivity index (χ4v) is 3.97. The smallest absolute Gasteiger partial charge is 0.240 e. The van der Waals surface area contributed by atoms with Crippen LogP contribution < -0.4 is 15.8 Å². The van der Waals surface area contributed by atoms with Gasteiger partial charge in [0.2, 0.25) is 15.9 Å². The molecule has 1 fully saturated rings. The van der Waals surface area contributed by atoms with E-state index in [2.05, 4.69) is 10.0 Å². The molecular weight excluding hydrogens is 362 g/mol. The fourth-order valence-electron chi connectivity index (χ4n) is 3.24. The van der Waals surface area contributed by atoms with E-state index in [-0.39, 0.29) is 35.2 Å². The molecule has 0 bridgehead atoms. The van der Waals surface area contributed by atoms with Crippen molar-refractivity contribution in [2.45, 2.75) is 56.0 Å². The molecule has 0 heterocycles. The first-order chi connectivity index (χ1) is 11.2. The number of halogens is 1. The van der Waals surface area contributed by atoms with Crippen molar-refractivity contribution in [3.8, 4) is 0 Å². The highest BCUT2D eigenvalue weighted by molar-refractivity contribution is 7.89. The lowest BCUT2D eigenvalue weighted by Gasteiger charge is -2.37. The molecule has 1 aliphatic rings. The molecule has 25 heavy (non-hydrogen) atoms. The largest absolute Gasteiger partial charge is 0.349 e. The second-order valence-corrected chi connectivity index (χ2v) is 8.70. The third-order valence-corrected chi connectivity index (χ3v) is 6.32. The minimum absolute atomic E-state index is 0. The molecule has 3 unspecified atom stereocenters. The predicted octanol–water partition coefficient (Wildman–Crippen LogP) is 2.10. The molecule has 3 atom stereocenters. The number of sulfonamides is 1. The van der Waals surface area contributed by atoms with Crippen molar-refractivity contribution in [3.63, 3.8) is 0 Å². The lowest BCUT2D eigenvalue weighted by Crippen LogP contribution is -2.53. The third-order valence-electron chi connectivity index (χ3n) is 4.89. The molecule has 2 rings (SSSR count). The molecule has 0 aromatic heterocycles. The Hall–Kier alpha value is -1.15. The summed E-state index contributed by atoms with van der Waals surface area (Å²) in [4.78, 5) is 12.8. The lowest BCUT2D eigenvalue weighted by molar-refractivity contribution is -0.128. The summed E-state index contributed by atoms with van der Waals surface area (Å²) < 4.78 is 25.8. The average Bonchev–Trinajstić information content (AvgIpc) is 2.54. The van der Waals surface area contributed by atoms with Crippen molar-refractivity contribution in [1.82, 2.24) is 10.0 Å². The minimum Gasteiger partial charge on any atom is -0.349 e. The highest BCUT2D eigenvalue weighted by Gasteiger charge is 2.38. The van der Waals surface area contributed by atoms with Crippen LogP contribution in [0.2, 0.25) is 0 Å². The number of amides is 1. The molecule has 142 valence electrons. The van der Waals surface area contributed by atoms with Gasteiger partial charge in [-0.1, -0.05) is 25.0 Å². The number of carbonyl (C=O) groups excluding carboxylic acids is 1. The number of hydrogen-bond acceptors (Lipinski definition) is 4. The third kappa shape index (κ3) is 5.17. The van der Waals surface area contributed by atoms with E-state index in [9.17, 15) is 13.2 Å². The van der Waals surface area contributed by atoms with Crippen LogP contribution in [-0.2, 0) is 14.8 Å². The summed E-state index contributed by atoms with van der Waals surface area (Å²) in [7, 11) is -2.08. The Morgan fingerprint density at radius 2 is 1.88 bits per heavy atom. The maximum Gasteiger partial charge on any atom is 0.240 e. The van der Waals surface area contributed by atoms with E-state index < -0.39 is 15.6 Å². The molecule has 8 heteroatoms.